The van der Waals surface area contributed by atoms with Gasteiger partial charge in [-0.2, -0.15) is 5.26 Å². The Kier molecular flexibility index (Phi) is 6.43. The highest BCUT2D eigenvalue weighted by Gasteiger charge is 2.17. The molecule has 0 saturated carbocycles. The SMILES string of the molecule is CC[S@@](=O)c1ccccc1C(=O)OCC(=O)Nc1cccc(C#N)c1. The maximum atomic E-state index is 12.2. The summed E-state index contributed by atoms with van der Waals surface area (Å²) in [6.45, 7) is 1.27. The molecule has 0 aliphatic heterocycles. The van der Waals surface area contributed by atoms with Gasteiger partial charge in [-0.15, -0.1) is 0 Å². The maximum absolute atomic E-state index is 12.2. The van der Waals surface area contributed by atoms with Crippen LogP contribution in [0.15, 0.2) is 53.4 Å². The van der Waals surface area contributed by atoms with Gasteiger partial charge in [-0.05, 0) is 30.3 Å². The van der Waals surface area contributed by atoms with E-state index >= 15 is 0 Å². The number of hydrogen-bond donors (Lipinski definition) is 1. The number of carbonyl (C=O) groups is 2. The molecule has 2 rings (SSSR count). The fraction of sp³-hybridized carbons (Fsp3) is 0.167. The standard InChI is InChI=1S/C18H16N2O4S/c1-2-25(23)16-9-4-3-8-15(16)18(22)24-12-17(21)20-14-7-5-6-13(10-14)11-19/h3-10H,2,12H2,1H3,(H,20,21)/t25-/m1/s1. The molecular weight excluding hydrogens is 340 g/mol. The number of ether oxygens (including phenoxy) is 1. The summed E-state index contributed by atoms with van der Waals surface area (Å²) in [6, 6.07) is 14.8. The summed E-state index contributed by atoms with van der Waals surface area (Å²) in [4.78, 5) is 24.4. The average molecular weight is 356 g/mol. The van der Waals surface area contributed by atoms with Crippen molar-refractivity contribution in [2.75, 3.05) is 17.7 Å². The van der Waals surface area contributed by atoms with Crippen LogP contribution in [0.5, 0.6) is 0 Å². The molecule has 0 saturated heterocycles. The summed E-state index contributed by atoms with van der Waals surface area (Å²) in [7, 11) is -1.30. The lowest BCUT2D eigenvalue weighted by atomic mass is 10.2. The van der Waals surface area contributed by atoms with Crippen LogP contribution in [0.25, 0.3) is 0 Å². The predicted octanol–water partition coefficient (Wildman–Crippen LogP) is 2.48. The third-order valence-electron chi connectivity index (χ3n) is 3.22. The molecule has 1 N–H and O–H groups in total. The van der Waals surface area contributed by atoms with E-state index in [1.165, 1.54) is 12.1 Å². The highest BCUT2D eigenvalue weighted by molar-refractivity contribution is 7.85. The van der Waals surface area contributed by atoms with E-state index in [-0.39, 0.29) is 5.56 Å². The molecule has 0 bridgehead atoms. The number of benzene rings is 2. The second-order valence-corrected chi connectivity index (χ2v) is 6.66. The first-order valence-corrected chi connectivity index (χ1v) is 8.81. The van der Waals surface area contributed by atoms with Gasteiger partial charge < -0.3 is 10.1 Å². The van der Waals surface area contributed by atoms with Crippen LogP contribution in [-0.2, 0) is 20.3 Å². The summed E-state index contributed by atoms with van der Waals surface area (Å²) in [5.41, 5.74) is 1.03. The van der Waals surface area contributed by atoms with E-state index in [2.05, 4.69) is 5.32 Å². The number of amides is 1. The molecule has 1 amide bonds. The zero-order valence-corrected chi connectivity index (χ0v) is 14.3. The lowest BCUT2D eigenvalue weighted by Gasteiger charge is -2.09. The van der Waals surface area contributed by atoms with Crippen molar-refractivity contribution in [1.82, 2.24) is 0 Å². The van der Waals surface area contributed by atoms with Gasteiger partial charge in [0, 0.05) is 11.4 Å². The Morgan fingerprint density at radius 1 is 1.20 bits per heavy atom. The summed E-state index contributed by atoms with van der Waals surface area (Å²) < 4.78 is 17.0. The van der Waals surface area contributed by atoms with Gasteiger partial charge in [0.2, 0.25) is 0 Å². The minimum atomic E-state index is -1.30. The summed E-state index contributed by atoms with van der Waals surface area (Å²) in [5, 5.41) is 11.4. The fourth-order valence-corrected chi connectivity index (χ4v) is 3.00. The molecule has 0 fully saturated rings. The van der Waals surface area contributed by atoms with Crippen LogP contribution in [0.2, 0.25) is 0 Å². The van der Waals surface area contributed by atoms with Gasteiger partial charge >= 0.3 is 5.97 Å². The third kappa shape index (κ3) is 4.99. The van der Waals surface area contributed by atoms with E-state index in [1.807, 2.05) is 6.07 Å². The normalized spacial score (nSPS) is 11.2. The molecule has 0 aromatic heterocycles. The number of hydrogen-bond acceptors (Lipinski definition) is 5. The lowest BCUT2D eigenvalue weighted by Crippen LogP contribution is -2.21. The molecule has 6 nitrogen and oxygen atoms in total. The molecule has 7 heteroatoms. The molecule has 128 valence electrons. The molecular formula is C18H16N2O4S. The van der Waals surface area contributed by atoms with Gasteiger partial charge in [0.05, 0.1) is 32.9 Å². The molecule has 2 aromatic carbocycles. The number of esters is 1. The van der Waals surface area contributed by atoms with Crippen LogP contribution in [-0.4, -0.2) is 28.4 Å². The number of nitriles is 1. The van der Waals surface area contributed by atoms with Crippen molar-refractivity contribution in [3.8, 4) is 6.07 Å². The summed E-state index contributed by atoms with van der Waals surface area (Å²) in [6.07, 6.45) is 0. The van der Waals surface area contributed by atoms with E-state index in [0.717, 1.165) is 0 Å². The topological polar surface area (TPSA) is 96.3 Å². The van der Waals surface area contributed by atoms with Crippen LogP contribution in [0.3, 0.4) is 0 Å². The van der Waals surface area contributed by atoms with Crippen LogP contribution >= 0.6 is 0 Å². The molecule has 0 aliphatic carbocycles. The first-order valence-electron chi connectivity index (χ1n) is 7.49. The smallest absolute Gasteiger partial charge is 0.339 e. The van der Waals surface area contributed by atoms with Crippen molar-refractivity contribution in [3.05, 3.63) is 59.7 Å². The Morgan fingerprint density at radius 3 is 2.68 bits per heavy atom. The highest BCUT2D eigenvalue weighted by atomic mass is 32.2. The maximum Gasteiger partial charge on any atom is 0.339 e. The van der Waals surface area contributed by atoms with Crippen molar-refractivity contribution in [2.45, 2.75) is 11.8 Å². The minimum Gasteiger partial charge on any atom is -0.452 e. The van der Waals surface area contributed by atoms with Crippen molar-refractivity contribution in [3.63, 3.8) is 0 Å². The molecule has 2 aromatic rings. The Morgan fingerprint density at radius 2 is 1.96 bits per heavy atom. The monoisotopic (exact) mass is 356 g/mol. The number of anilines is 1. The van der Waals surface area contributed by atoms with Crippen LogP contribution in [0, 0.1) is 11.3 Å². The van der Waals surface area contributed by atoms with Gasteiger partial charge in [0.15, 0.2) is 6.61 Å². The lowest BCUT2D eigenvalue weighted by molar-refractivity contribution is -0.119. The second kappa shape index (κ2) is 8.76. The Hall–Kier alpha value is -2.98. The Balaban J connectivity index is 1.99. The quantitative estimate of drug-likeness (QED) is 0.802. The zero-order valence-electron chi connectivity index (χ0n) is 13.5. The summed E-state index contributed by atoms with van der Waals surface area (Å²) in [5.74, 6) is -0.865. The van der Waals surface area contributed by atoms with E-state index in [1.54, 1.807) is 43.3 Å². The molecule has 0 heterocycles. The second-order valence-electron chi connectivity index (χ2n) is 4.95. The van der Waals surface area contributed by atoms with E-state index in [9.17, 15) is 13.8 Å². The van der Waals surface area contributed by atoms with Gasteiger partial charge in [-0.25, -0.2) is 4.79 Å². The largest absolute Gasteiger partial charge is 0.452 e. The van der Waals surface area contributed by atoms with Crippen LogP contribution in [0.4, 0.5) is 5.69 Å². The van der Waals surface area contributed by atoms with Crippen LogP contribution < -0.4 is 5.32 Å². The van der Waals surface area contributed by atoms with Crippen molar-refractivity contribution in [2.24, 2.45) is 0 Å². The van der Waals surface area contributed by atoms with Crippen molar-refractivity contribution >= 4 is 28.4 Å². The number of carbonyl (C=O) groups excluding carboxylic acids is 2. The molecule has 0 aliphatic rings. The molecule has 0 spiro atoms. The average Bonchev–Trinajstić information content (AvgIpc) is 2.65. The third-order valence-corrected chi connectivity index (χ3v) is 4.60. The Labute approximate surface area is 147 Å². The summed E-state index contributed by atoms with van der Waals surface area (Å²) >= 11 is 0. The Bertz CT molecular complexity index is 858. The van der Waals surface area contributed by atoms with Gasteiger partial charge in [-0.1, -0.05) is 25.1 Å². The zero-order chi connectivity index (χ0) is 18.2. The van der Waals surface area contributed by atoms with E-state index in [4.69, 9.17) is 10.00 Å². The molecule has 1 atom stereocenters. The first kappa shape index (κ1) is 18.4. The van der Waals surface area contributed by atoms with Gasteiger partial charge in [-0.3, -0.25) is 9.00 Å². The van der Waals surface area contributed by atoms with Crippen molar-refractivity contribution < 1.29 is 18.5 Å². The fourth-order valence-electron chi connectivity index (χ4n) is 2.06. The van der Waals surface area contributed by atoms with E-state index < -0.39 is 29.3 Å². The highest BCUT2D eigenvalue weighted by Crippen LogP contribution is 2.15. The van der Waals surface area contributed by atoms with Crippen LogP contribution in [0.1, 0.15) is 22.8 Å². The first-order chi connectivity index (χ1) is 12.0. The van der Waals surface area contributed by atoms with Gasteiger partial charge in [0.25, 0.3) is 5.91 Å². The predicted molar refractivity (Wildman–Crippen MR) is 93.5 cm³/mol. The number of nitrogens with zero attached hydrogens (tertiary/aromatic N) is 1. The van der Waals surface area contributed by atoms with Gasteiger partial charge in [0.1, 0.15) is 0 Å². The number of rotatable bonds is 6. The molecule has 0 unspecified atom stereocenters. The van der Waals surface area contributed by atoms with Crippen molar-refractivity contribution in [1.29, 1.82) is 5.26 Å². The minimum absolute atomic E-state index is 0.182. The molecule has 0 radical (unpaired) electrons. The number of nitrogens with one attached hydrogen (secondary N) is 1. The molecule has 25 heavy (non-hydrogen) atoms. The van der Waals surface area contributed by atoms with E-state index in [0.29, 0.717) is 21.9 Å².